The van der Waals surface area contributed by atoms with E-state index < -0.39 is 58.1 Å². The van der Waals surface area contributed by atoms with E-state index >= 15 is 0 Å². The molecule has 6 nitrogen and oxygen atoms in total. The predicted octanol–water partition coefficient (Wildman–Crippen LogP) is 3.13. The van der Waals surface area contributed by atoms with Gasteiger partial charge in [0, 0.05) is 0 Å². The first-order valence-electron chi connectivity index (χ1n) is 9.00. The lowest BCUT2D eigenvalue weighted by atomic mass is 9.44. The van der Waals surface area contributed by atoms with Crippen LogP contribution in [0, 0.1) is 22.7 Å². The highest BCUT2D eigenvalue weighted by molar-refractivity contribution is 7.80. The van der Waals surface area contributed by atoms with Gasteiger partial charge in [-0.15, -0.1) is 0 Å². The Morgan fingerprint density at radius 3 is 2.04 bits per heavy atom. The third kappa shape index (κ3) is 3.34. The molecular formula is C17H22F4O6S. The van der Waals surface area contributed by atoms with Gasteiger partial charge < -0.3 is 14.0 Å². The minimum atomic E-state index is -5.14. The Hall–Kier alpha value is -1.23. The second-order valence-electron chi connectivity index (χ2n) is 8.37. The molecule has 0 radical (unpaired) electrons. The average Bonchev–Trinajstić information content (AvgIpc) is 2.59. The van der Waals surface area contributed by atoms with Crippen LogP contribution in [0.2, 0.25) is 0 Å². The molecule has 3 atom stereocenters. The maximum absolute atomic E-state index is 13.5. The minimum Gasteiger partial charge on any atom is -0.469 e. The lowest BCUT2D eigenvalue weighted by Gasteiger charge is -2.59. The van der Waals surface area contributed by atoms with Crippen molar-refractivity contribution in [1.29, 1.82) is 0 Å². The van der Waals surface area contributed by atoms with Crippen molar-refractivity contribution >= 4 is 23.0 Å². The van der Waals surface area contributed by atoms with E-state index in [1.165, 1.54) is 7.11 Å². The summed E-state index contributed by atoms with van der Waals surface area (Å²) in [5.41, 5.74) is -1.79. The van der Waals surface area contributed by atoms with Crippen LogP contribution in [0.4, 0.5) is 17.6 Å². The Labute approximate surface area is 161 Å². The van der Waals surface area contributed by atoms with Crippen LogP contribution in [0.25, 0.3) is 0 Å². The topological polar surface area (TPSA) is 89.9 Å². The summed E-state index contributed by atoms with van der Waals surface area (Å²) >= 11 is -4.06. The van der Waals surface area contributed by atoms with E-state index in [2.05, 4.69) is 0 Å². The Morgan fingerprint density at radius 2 is 1.57 bits per heavy atom. The highest BCUT2D eigenvalue weighted by Crippen LogP contribution is 2.66. The second kappa shape index (κ2) is 6.93. The SMILES string of the molecule is COC(=O)C12CC3CC(C1)CC(C(=O)OCCC(F)(F)C(F)(F)S(=O)O)(C3)C2. The molecule has 4 aliphatic rings. The summed E-state index contributed by atoms with van der Waals surface area (Å²) in [7, 11) is 1.28. The van der Waals surface area contributed by atoms with Gasteiger partial charge in [-0.1, -0.05) is 0 Å². The molecule has 0 heterocycles. The van der Waals surface area contributed by atoms with Gasteiger partial charge in [-0.05, 0) is 50.4 Å². The zero-order valence-electron chi connectivity index (χ0n) is 15.2. The van der Waals surface area contributed by atoms with Crippen molar-refractivity contribution in [2.45, 2.75) is 56.1 Å². The summed E-state index contributed by atoms with van der Waals surface area (Å²) in [6, 6.07) is 0. The van der Waals surface area contributed by atoms with E-state index in [0.717, 1.165) is 6.42 Å². The first-order chi connectivity index (χ1) is 12.9. The summed E-state index contributed by atoms with van der Waals surface area (Å²) < 4.78 is 82.0. The lowest BCUT2D eigenvalue weighted by molar-refractivity contribution is -0.197. The molecule has 28 heavy (non-hydrogen) atoms. The third-order valence-electron chi connectivity index (χ3n) is 6.41. The highest BCUT2D eigenvalue weighted by Gasteiger charge is 2.65. The zero-order chi connectivity index (χ0) is 21.0. The summed E-state index contributed by atoms with van der Waals surface area (Å²) in [5.74, 6) is -5.73. The van der Waals surface area contributed by atoms with Gasteiger partial charge in [0.15, 0.2) is 0 Å². The largest absolute Gasteiger partial charge is 0.469 e. The Morgan fingerprint density at radius 1 is 1.07 bits per heavy atom. The monoisotopic (exact) mass is 430 g/mol. The Bertz CT molecular complexity index is 683. The Kier molecular flexibility index (Phi) is 5.31. The number of methoxy groups -OCH3 is 1. The van der Waals surface area contributed by atoms with Crippen molar-refractivity contribution in [1.82, 2.24) is 0 Å². The molecule has 4 aliphatic carbocycles. The van der Waals surface area contributed by atoms with Crippen LogP contribution in [-0.4, -0.2) is 45.6 Å². The maximum Gasteiger partial charge on any atom is 0.406 e. The van der Waals surface area contributed by atoms with Crippen LogP contribution in [0.15, 0.2) is 0 Å². The number of hydrogen-bond acceptors (Lipinski definition) is 5. The molecule has 11 heteroatoms. The van der Waals surface area contributed by atoms with Crippen LogP contribution in [0.3, 0.4) is 0 Å². The summed E-state index contributed by atoms with van der Waals surface area (Å²) in [5, 5.41) is -5.14. The molecule has 4 bridgehead atoms. The van der Waals surface area contributed by atoms with Crippen molar-refractivity contribution in [3.05, 3.63) is 0 Å². The van der Waals surface area contributed by atoms with Gasteiger partial charge in [-0.2, -0.15) is 17.6 Å². The molecular weight excluding hydrogens is 408 g/mol. The number of esters is 2. The van der Waals surface area contributed by atoms with Gasteiger partial charge in [0.25, 0.3) is 0 Å². The van der Waals surface area contributed by atoms with Crippen molar-refractivity contribution in [3.8, 4) is 0 Å². The molecule has 4 rings (SSSR count). The molecule has 0 aromatic carbocycles. The van der Waals surface area contributed by atoms with Crippen molar-refractivity contribution in [2.24, 2.45) is 22.7 Å². The average molecular weight is 430 g/mol. The predicted molar refractivity (Wildman–Crippen MR) is 87.8 cm³/mol. The number of halogens is 4. The fourth-order valence-electron chi connectivity index (χ4n) is 5.65. The molecule has 3 unspecified atom stereocenters. The number of ether oxygens (including phenoxy) is 2. The van der Waals surface area contributed by atoms with E-state index in [0.29, 0.717) is 25.7 Å². The fourth-order valence-corrected chi connectivity index (χ4v) is 6.01. The molecule has 1 N–H and O–H groups in total. The smallest absolute Gasteiger partial charge is 0.406 e. The second-order valence-corrected chi connectivity index (χ2v) is 9.38. The number of rotatable bonds is 7. The molecule has 4 saturated carbocycles. The summed E-state index contributed by atoms with van der Waals surface area (Å²) in [6.07, 6.45) is 1.65. The fraction of sp³-hybridized carbons (Fsp3) is 0.882. The minimum absolute atomic E-state index is 0.121. The number of carbonyl (C=O) groups is 2. The van der Waals surface area contributed by atoms with Crippen molar-refractivity contribution in [3.63, 3.8) is 0 Å². The van der Waals surface area contributed by atoms with E-state index in [1.54, 1.807) is 0 Å². The quantitative estimate of drug-likeness (QED) is 0.379. The molecule has 160 valence electrons. The first-order valence-corrected chi connectivity index (χ1v) is 10.1. The van der Waals surface area contributed by atoms with Crippen LogP contribution in [0.1, 0.15) is 44.9 Å². The van der Waals surface area contributed by atoms with Gasteiger partial charge in [-0.25, -0.2) is 4.21 Å². The number of alkyl halides is 4. The molecule has 0 saturated heterocycles. The van der Waals surface area contributed by atoms with E-state index in [9.17, 15) is 31.4 Å². The summed E-state index contributed by atoms with van der Waals surface area (Å²) in [4.78, 5) is 25.0. The van der Waals surface area contributed by atoms with E-state index in [1.807, 2.05) is 0 Å². The number of hydrogen-bond donors (Lipinski definition) is 1. The van der Waals surface area contributed by atoms with Gasteiger partial charge in [0.2, 0.25) is 11.1 Å². The van der Waals surface area contributed by atoms with Crippen molar-refractivity contribution < 1.29 is 45.4 Å². The van der Waals surface area contributed by atoms with Gasteiger partial charge >= 0.3 is 23.1 Å². The van der Waals surface area contributed by atoms with Crippen LogP contribution in [-0.2, 0) is 30.1 Å². The zero-order valence-corrected chi connectivity index (χ0v) is 16.0. The lowest BCUT2D eigenvalue weighted by Crippen LogP contribution is -2.58. The van der Waals surface area contributed by atoms with Crippen LogP contribution >= 0.6 is 0 Å². The Balaban J connectivity index is 1.68. The molecule has 0 spiro atoms. The maximum atomic E-state index is 13.5. The van der Waals surface area contributed by atoms with E-state index in [4.69, 9.17) is 14.0 Å². The first kappa shape index (κ1) is 21.5. The highest BCUT2D eigenvalue weighted by atomic mass is 32.2. The summed E-state index contributed by atoms with van der Waals surface area (Å²) in [6.45, 7) is -1.01. The molecule has 0 aromatic heterocycles. The molecule has 4 fully saturated rings. The van der Waals surface area contributed by atoms with Crippen LogP contribution < -0.4 is 0 Å². The van der Waals surface area contributed by atoms with Gasteiger partial charge in [-0.3, -0.25) is 9.59 Å². The van der Waals surface area contributed by atoms with Gasteiger partial charge in [0.1, 0.15) is 0 Å². The normalized spacial score (nSPS) is 35.5. The van der Waals surface area contributed by atoms with Gasteiger partial charge in [0.05, 0.1) is 31.0 Å². The molecule has 0 aliphatic heterocycles. The van der Waals surface area contributed by atoms with E-state index in [-0.39, 0.29) is 18.3 Å². The van der Waals surface area contributed by atoms with Crippen LogP contribution in [0.5, 0.6) is 0 Å². The van der Waals surface area contributed by atoms with Crippen molar-refractivity contribution in [2.75, 3.05) is 13.7 Å². The molecule has 0 aromatic rings. The standard InChI is InChI=1S/C17H22F4O6S/c1-26-12(22)14-5-10-4-11(6-14)8-15(7-10,9-14)13(23)27-3-2-16(18,19)17(20,21)28(24)25/h10-11H,2-9H2,1H3,(H,24,25). The number of carbonyl (C=O) groups excluding carboxylic acids is 2. The third-order valence-corrected chi connectivity index (χ3v) is 7.14. The molecule has 0 amide bonds.